The van der Waals surface area contributed by atoms with Crippen LogP contribution in [0.3, 0.4) is 0 Å². The molecule has 31 heavy (non-hydrogen) atoms. The van der Waals surface area contributed by atoms with Gasteiger partial charge in [0.25, 0.3) is 0 Å². The average molecular weight is 438 g/mol. The van der Waals surface area contributed by atoms with Crippen molar-refractivity contribution in [1.29, 1.82) is 0 Å². The van der Waals surface area contributed by atoms with E-state index < -0.39 is 0 Å². The Balaban J connectivity index is 2.35. The number of allylic oxidation sites excluding steroid dienone is 5. The number of benzene rings is 1. The van der Waals surface area contributed by atoms with Crippen molar-refractivity contribution in [2.24, 2.45) is 5.92 Å². The lowest BCUT2D eigenvalue weighted by atomic mass is 9.73. The Kier molecular flexibility index (Phi) is 10.2. The van der Waals surface area contributed by atoms with Crippen molar-refractivity contribution >= 4 is 11.9 Å². The van der Waals surface area contributed by atoms with E-state index >= 15 is 0 Å². The van der Waals surface area contributed by atoms with Gasteiger partial charge in [-0.15, -0.1) is 6.58 Å². The van der Waals surface area contributed by atoms with E-state index in [-0.39, 0.29) is 0 Å². The molecule has 2 atom stereocenters. The second-order valence-electron chi connectivity index (χ2n) is 9.52. The molecule has 0 saturated heterocycles. The minimum absolute atomic E-state index is 0.432. The highest BCUT2D eigenvalue weighted by Gasteiger charge is 2.28. The van der Waals surface area contributed by atoms with E-state index in [4.69, 9.17) is 0 Å². The van der Waals surface area contributed by atoms with E-state index in [2.05, 4.69) is 77.3 Å². The van der Waals surface area contributed by atoms with Crippen LogP contribution in [0.15, 0.2) is 65.3 Å². The summed E-state index contributed by atoms with van der Waals surface area (Å²) in [5.74, 6) is 0.964. The standard InChI is InChI=1S/C29H43NS/c1-9-10-11-12-25-16-18-27(28-19-22(6)14-17-26(28)21(4)5)24(8)29(25)31-30-23(7)15-13-20(2)3/h16,18-19,26,28,30H,2,4,7,9-15,17H2,1,3,5-6,8H3. The lowest BCUT2D eigenvalue weighted by Crippen LogP contribution is -2.18. The third kappa shape index (κ3) is 7.45. The summed E-state index contributed by atoms with van der Waals surface area (Å²) in [6, 6.07) is 4.78. The van der Waals surface area contributed by atoms with Gasteiger partial charge >= 0.3 is 0 Å². The minimum atomic E-state index is 0.432. The van der Waals surface area contributed by atoms with Gasteiger partial charge in [-0.2, -0.15) is 0 Å². The van der Waals surface area contributed by atoms with Crippen molar-refractivity contribution in [1.82, 2.24) is 4.72 Å². The second-order valence-corrected chi connectivity index (χ2v) is 10.3. The van der Waals surface area contributed by atoms with Gasteiger partial charge in [0.05, 0.1) is 0 Å². The zero-order chi connectivity index (χ0) is 23.0. The molecule has 1 aromatic carbocycles. The van der Waals surface area contributed by atoms with Crippen molar-refractivity contribution in [3.8, 4) is 0 Å². The molecule has 2 heteroatoms. The summed E-state index contributed by atoms with van der Waals surface area (Å²) in [4.78, 5) is 1.39. The molecule has 0 amide bonds. The maximum atomic E-state index is 4.33. The van der Waals surface area contributed by atoms with Crippen molar-refractivity contribution < 1.29 is 0 Å². The number of hydrogen-bond acceptors (Lipinski definition) is 2. The highest BCUT2D eigenvalue weighted by atomic mass is 32.2. The minimum Gasteiger partial charge on any atom is -0.330 e. The molecule has 0 heterocycles. The van der Waals surface area contributed by atoms with Gasteiger partial charge in [-0.3, -0.25) is 0 Å². The molecule has 1 N–H and O–H groups in total. The molecule has 0 radical (unpaired) electrons. The fourth-order valence-corrected chi connectivity index (χ4v) is 5.42. The Morgan fingerprint density at radius 1 is 1.10 bits per heavy atom. The second kappa shape index (κ2) is 12.4. The molecule has 170 valence electrons. The number of aryl methyl sites for hydroxylation is 1. The van der Waals surface area contributed by atoms with Gasteiger partial charge in [-0.25, -0.2) is 0 Å². The molecule has 0 bridgehead atoms. The molecule has 0 spiro atoms. The molecule has 1 nitrogen and oxygen atoms in total. The van der Waals surface area contributed by atoms with Crippen LogP contribution < -0.4 is 4.72 Å². The summed E-state index contributed by atoms with van der Waals surface area (Å²) in [7, 11) is 0. The summed E-state index contributed by atoms with van der Waals surface area (Å²) in [6.45, 7) is 23.7. The molecule has 0 aromatic heterocycles. The van der Waals surface area contributed by atoms with Crippen LogP contribution in [0.1, 0.15) is 95.2 Å². The van der Waals surface area contributed by atoms with Crippen LogP contribution in [-0.2, 0) is 6.42 Å². The molecule has 0 aliphatic heterocycles. The zero-order valence-corrected chi connectivity index (χ0v) is 21.4. The Morgan fingerprint density at radius 3 is 2.48 bits per heavy atom. The summed E-state index contributed by atoms with van der Waals surface area (Å²) in [5, 5.41) is 0. The first-order valence-corrected chi connectivity index (χ1v) is 12.8. The number of rotatable bonds is 12. The quantitative estimate of drug-likeness (QED) is 0.199. The topological polar surface area (TPSA) is 12.0 Å². The van der Waals surface area contributed by atoms with Gasteiger partial charge in [0.2, 0.25) is 0 Å². The first-order chi connectivity index (χ1) is 14.7. The van der Waals surface area contributed by atoms with E-state index in [1.807, 2.05) is 0 Å². The van der Waals surface area contributed by atoms with Gasteiger partial charge in [-0.1, -0.05) is 67.9 Å². The van der Waals surface area contributed by atoms with Crippen LogP contribution in [-0.4, -0.2) is 0 Å². The molecule has 0 saturated carbocycles. The van der Waals surface area contributed by atoms with E-state index in [0.717, 1.165) is 25.0 Å². The van der Waals surface area contributed by atoms with E-state index in [0.29, 0.717) is 11.8 Å². The molecule has 1 aromatic rings. The number of unbranched alkanes of at least 4 members (excludes halogenated alkanes) is 2. The van der Waals surface area contributed by atoms with Crippen LogP contribution in [0.25, 0.3) is 0 Å². The molecular weight excluding hydrogens is 394 g/mol. The average Bonchev–Trinajstić information content (AvgIpc) is 2.71. The van der Waals surface area contributed by atoms with Crippen LogP contribution in [0, 0.1) is 12.8 Å². The predicted molar refractivity (Wildman–Crippen MR) is 141 cm³/mol. The van der Waals surface area contributed by atoms with E-state index in [1.165, 1.54) is 70.4 Å². The van der Waals surface area contributed by atoms with Gasteiger partial charge in [0.1, 0.15) is 0 Å². The van der Waals surface area contributed by atoms with E-state index in [1.54, 1.807) is 11.9 Å². The molecular formula is C29H43NS. The Bertz CT molecular complexity index is 829. The van der Waals surface area contributed by atoms with Gasteiger partial charge in [-0.05, 0) is 101 Å². The lowest BCUT2D eigenvalue weighted by molar-refractivity contribution is 0.481. The maximum Gasteiger partial charge on any atom is 0.0348 e. The predicted octanol–water partition coefficient (Wildman–Crippen LogP) is 9.21. The summed E-state index contributed by atoms with van der Waals surface area (Å²) in [5.41, 5.74) is 9.44. The molecule has 1 aliphatic carbocycles. The maximum absolute atomic E-state index is 4.33. The van der Waals surface area contributed by atoms with Crippen molar-refractivity contribution in [2.75, 3.05) is 0 Å². The Labute approximate surface area is 196 Å². The number of hydrogen-bond donors (Lipinski definition) is 1. The molecule has 2 unspecified atom stereocenters. The van der Waals surface area contributed by atoms with Crippen LogP contribution in [0.5, 0.6) is 0 Å². The molecule has 0 fully saturated rings. The van der Waals surface area contributed by atoms with Crippen molar-refractivity contribution in [3.05, 3.63) is 77.1 Å². The van der Waals surface area contributed by atoms with Gasteiger partial charge in [0.15, 0.2) is 0 Å². The summed E-state index contributed by atoms with van der Waals surface area (Å²) < 4.78 is 3.55. The zero-order valence-electron chi connectivity index (χ0n) is 20.6. The first kappa shape index (κ1) is 25.6. The summed E-state index contributed by atoms with van der Waals surface area (Å²) >= 11 is 1.76. The Hall–Kier alpha value is -1.67. The number of nitrogens with one attached hydrogen (secondary N) is 1. The van der Waals surface area contributed by atoms with Crippen LogP contribution in [0.2, 0.25) is 0 Å². The normalized spacial score (nSPS) is 18.4. The summed E-state index contributed by atoms with van der Waals surface area (Å²) in [6.07, 6.45) is 11.7. The fourth-order valence-electron chi connectivity index (χ4n) is 4.50. The van der Waals surface area contributed by atoms with Crippen molar-refractivity contribution in [2.45, 2.75) is 96.8 Å². The fraction of sp³-hybridized carbons (Fsp3) is 0.517. The third-order valence-corrected chi connectivity index (χ3v) is 7.63. The van der Waals surface area contributed by atoms with Crippen molar-refractivity contribution in [3.63, 3.8) is 0 Å². The third-order valence-electron chi connectivity index (χ3n) is 6.47. The van der Waals surface area contributed by atoms with Gasteiger partial charge < -0.3 is 4.72 Å². The largest absolute Gasteiger partial charge is 0.330 e. The lowest BCUT2D eigenvalue weighted by Gasteiger charge is -2.32. The SMILES string of the molecule is C=C(C)CCC(=C)NSc1c(CCCCC)ccc(C2C=C(C)CCC2C(=C)C)c1C. The van der Waals surface area contributed by atoms with Crippen LogP contribution >= 0.6 is 11.9 Å². The van der Waals surface area contributed by atoms with E-state index in [9.17, 15) is 0 Å². The highest BCUT2D eigenvalue weighted by molar-refractivity contribution is 7.97. The molecule has 2 rings (SSSR count). The van der Waals surface area contributed by atoms with Gasteiger partial charge in [0, 0.05) is 16.5 Å². The highest BCUT2D eigenvalue weighted by Crippen LogP contribution is 2.43. The smallest absolute Gasteiger partial charge is 0.0348 e. The monoisotopic (exact) mass is 437 g/mol. The van der Waals surface area contributed by atoms with Crippen LogP contribution in [0.4, 0.5) is 0 Å². The molecule has 1 aliphatic rings. The Morgan fingerprint density at radius 2 is 1.84 bits per heavy atom. The first-order valence-electron chi connectivity index (χ1n) is 11.9.